The summed E-state index contributed by atoms with van der Waals surface area (Å²) in [6, 6.07) is 4.13. The highest BCUT2D eigenvalue weighted by Gasteiger charge is 2.19. The molecule has 4 nitrogen and oxygen atoms in total. The first-order valence-corrected chi connectivity index (χ1v) is 8.42. The normalized spacial score (nSPS) is 21.3. The third-order valence-electron chi connectivity index (χ3n) is 3.78. The van der Waals surface area contributed by atoms with Gasteiger partial charge in [0.15, 0.2) is 6.29 Å². The first kappa shape index (κ1) is 14.8. The topological polar surface area (TPSA) is 38.8 Å². The number of hydrogen-bond donors (Lipinski definition) is 0. The van der Waals surface area contributed by atoms with Crippen LogP contribution in [0.2, 0.25) is 0 Å². The van der Waals surface area contributed by atoms with Crippen molar-refractivity contribution in [3.8, 4) is 0 Å². The molecule has 2 aliphatic rings. The molecular weight excluding hydrogens is 286 g/mol. The van der Waals surface area contributed by atoms with Gasteiger partial charge in [0.1, 0.15) is 0 Å². The summed E-state index contributed by atoms with van der Waals surface area (Å²) in [5, 5.41) is 0. The lowest BCUT2D eigenvalue weighted by Gasteiger charge is -2.17. The van der Waals surface area contributed by atoms with E-state index in [2.05, 4.69) is 24.3 Å². The predicted molar refractivity (Wildman–Crippen MR) is 83.0 cm³/mol. The van der Waals surface area contributed by atoms with E-state index in [0.29, 0.717) is 26.2 Å². The lowest BCUT2D eigenvalue weighted by molar-refractivity contribution is -0.130. The molecule has 1 amide bonds. The van der Waals surface area contributed by atoms with Gasteiger partial charge in [-0.1, -0.05) is 12.5 Å². The van der Waals surface area contributed by atoms with Gasteiger partial charge in [0.05, 0.1) is 18.1 Å². The minimum Gasteiger partial charge on any atom is -0.345 e. The molecule has 0 spiro atoms. The summed E-state index contributed by atoms with van der Waals surface area (Å²) >= 11 is 1.68. The number of ether oxygens (including phenoxy) is 2. The summed E-state index contributed by atoms with van der Waals surface area (Å²) in [6.45, 7) is 2.95. The van der Waals surface area contributed by atoms with E-state index in [-0.39, 0.29) is 12.2 Å². The highest BCUT2D eigenvalue weighted by Crippen LogP contribution is 2.30. The van der Waals surface area contributed by atoms with E-state index in [1.54, 1.807) is 11.3 Å². The Hall–Kier alpha value is -1.17. The van der Waals surface area contributed by atoms with Crippen LogP contribution in [-0.4, -0.2) is 37.1 Å². The molecule has 2 fully saturated rings. The van der Waals surface area contributed by atoms with Gasteiger partial charge >= 0.3 is 0 Å². The minimum atomic E-state index is -0.190. The van der Waals surface area contributed by atoms with Crippen molar-refractivity contribution in [3.05, 3.63) is 28.0 Å². The number of carbonyl (C=O) groups excluding carboxylic acids is 1. The Bertz CT molecular complexity index is 505. The maximum atomic E-state index is 11.9. The molecule has 0 aliphatic carbocycles. The lowest BCUT2D eigenvalue weighted by Crippen LogP contribution is -2.30. The van der Waals surface area contributed by atoms with Crippen molar-refractivity contribution in [2.45, 2.75) is 32.0 Å². The summed E-state index contributed by atoms with van der Waals surface area (Å²) in [4.78, 5) is 16.1. The van der Waals surface area contributed by atoms with E-state index in [1.807, 2.05) is 4.90 Å². The number of carbonyl (C=O) groups is 1. The van der Waals surface area contributed by atoms with Crippen molar-refractivity contribution >= 4 is 23.3 Å². The van der Waals surface area contributed by atoms with E-state index in [1.165, 1.54) is 11.3 Å². The van der Waals surface area contributed by atoms with Gasteiger partial charge in [-0.15, -0.1) is 11.3 Å². The molecule has 0 bridgehead atoms. The van der Waals surface area contributed by atoms with Gasteiger partial charge in [-0.3, -0.25) is 4.79 Å². The Kier molecular flexibility index (Phi) is 5.06. The first-order valence-electron chi connectivity index (χ1n) is 7.60. The lowest BCUT2D eigenvalue weighted by atomic mass is 10.2. The predicted octanol–water partition coefficient (Wildman–Crippen LogP) is 3.21. The molecule has 0 saturated carbocycles. The number of rotatable bonds is 4. The number of amides is 1. The van der Waals surface area contributed by atoms with Crippen molar-refractivity contribution in [1.82, 2.24) is 4.90 Å². The zero-order valence-corrected chi connectivity index (χ0v) is 12.9. The molecule has 0 N–H and O–H groups in total. The molecule has 2 aliphatic heterocycles. The SMILES string of the molecule is O=C1CCCCCN1CC=Cc1ccc(C2OCCO2)s1. The quantitative estimate of drug-likeness (QED) is 0.857. The van der Waals surface area contributed by atoms with Gasteiger partial charge in [0.25, 0.3) is 0 Å². The van der Waals surface area contributed by atoms with Crippen molar-refractivity contribution < 1.29 is 14.3 Å². The maximum Gasteiger partial charge on any atom is 0.222 e. The van der Waals surface area contributed by atoms with Gasteiger partial charge in [-0.2, -0.15) is 0 Å². The van der Waals surface area contributed by atoms with Crippen LogP contribution in [0.5, 0.6) is 0 Å². The van der Waals surface area contributed by atoms with E-state index < -0.39 is 0 Å². The van der Waals surface area contributed by atoms with Gasteiger partial charge in [-0.05, 0) is 31.1 Å². The third-order valence-corrected chi connectivity index (χ3v) is 4.85. The van der Waals surface area contributed by atoms with Crippen molar-refractivity contribution in [1.29, 1.82) is 0 Å². The van der Waals surface area contributed by atoms with Crippen LogP contribution in [0.3, 0.4) is 0 Å². The van der Waals surface area contributed by atoms with Crippen LogP contribution in [0, 0.1) is 0 Å². The summed E-state index contributed by atoms with van der Waals surface area (Å²) in [6.07, 6.45) is 8.00. The molecule has 1 aromatic heterocycles. The highest BCUT2D eigenvalue weighted by atomic mass is 32.1. The standard InChI is InChI=1S/C16H21NO3S/c18-15-6-2-1-3-9-17(15)10-4-5-13-7-8-14(21-13)16-19-11-12-20-16/h4-5,7-8,16H,1-3,6,9-12H2. The van der Waals surface area contributed by atoms with Crippen LogP contribution in [0.15, 0.2) is 18.2 Å². The average Bonchev–Trinajstić information content (AvgIpc) is 3.12. The van der Waals surface area contributed by atoms with Crippen LogP contribution in [0.1, 0.15) is 41.7 Å². The smallest absolute Gasteiger partial charge is 0.222 e. The minimum absolute atomic E-state index is 0.190. The fraction of sp³-hybridized carbons (Fsp3) is 0.562. The van der Waals surface area contributed by atoms with Gasteiger partial charge in [0, 0.05) is 24.4 Å². The number of nitrogens with zero attached hydrogens (tertiary/aromatic N) is 1. The van der Waals surface area contributed by atoms with E-state index in [9.17, 15) is 4.79 Å². The summed E-state index contributed by atoms with van der Waals surface area (Å²) in [5.41, 5.74) is 0. The Morgan fingerprint density at radius 3 is 2.95 bits per heavy atom. The summed E-state index contributed by atoms with van der Waals surface area (Å²) < 4.78 is 11.0. The van der Waals surface area contributed by atoms with Crippen LogP contribution >= 0.6 is 11.3 Å². The fourth-order valence-electron chi connectivity index (χ4n) is 2.64. The van der Waals surface area contributed by atoms with E-state index in [0.717, 1.165) is 24.3 Å². The maximum absolute atomic E-state index is 11.9. The number of hydrogen-bond acceptors (Lipinski definition) is 4. The Morgan fingerprint density at radius 2 is 2.10 bits per heavy atom. The molecule has 1 aromatic rings. The summed E-state index contributed by atoms with van der Waals surface area (Å²) in [7, 11) is 0. The van der Waals surface area contributed by atoms with E-state index in [4.69, 9.17) is 9.47 Å². The Morgan fingerprint density at radius 1 is 1.24 bits per heavy atom. The largest absolute Gasteiger partial charge is 0.345 e. The van der Waals surface area contributed by atoms with E-state index >= 15 is 0 Å². The number of thiophene rings is 1. The second-order valence-electron chi connectivity index (χ2n) is 5.37. The average molecular weight is 307 g/mol. The van der Waals surface area contributed by atoms with Crippen molar-refractivity contribution in [3.63, 3.8) is 0 Å². The summed E-state index contributed by atoms with van der Waals surface area (Å²) in [5.74, 6) is 0.289. The molecule has 0 atom stereocenters. The van der Waals surface area contributed by atoms with Crippen LogP contribution < -0.4 is 0 Å². The fourth-order valence-corrected chi connectivity index (χ4v) is 3.58. The molecule has 0 unspecified atom stereocenters. The highest BCUT2D eigenvalue weighted by molar-refractivity contribution is 7.12. The Labute approximate surface area is 129 Å². The second kappa shape index (κ2) is 7.20. The molecule has 21 heavy (non-hydrogen) atoms. The molecular formula is C16H21NO3S. The van der Waals surface area contributed by atoms with Crippen LogP contribution in [-0.2, 0) is 14.3 Å². The molecule has 3 rings (SSSR count). The zero-order valence-electron chi connectivity index (χ0n) is 12.1. The van der Waals surface area contributed by atoms with Crippen molar-refractivity contribution in [2.24, 2.45) is 0 Å². The molecule has 0 aromatic carbocycles. The third kappa shape index (κ3) is 3.93. The zero-order chi connectivity index (χ0) is 14.5. The van der Waals surface area contributed by atoms with Crippen LogP contribution in [0.25, 0.3) is 6.08 Å². The second-order valence-corrected chi connectivity index (χ2v) is 6.51. The molecule has 3 heterocycles. The first-order chi connectivity index (χ1) is 10.3. The van der Waals surface area contributed by atoms with Gasteiger partial charge < -0.3 is 14.4 Å². The van der Waals surface area contributed by atoms with Gasteiger partial charge in [0.2, 0.25) is 5.91 Å². The molecule has 114 valence electrons. The van der Waals surface area contributed by atoms with Crippen LogP contribution in [0.4, 0.5) is 0 Å². The Balaban J connectivity index is 1.54. The molecule has 2 saturated heterocycles. The van der Waals surface area contributed by atoms with Crippen molar-refractivity contribution in [2.75, 3.05) is 26.3 Å². The molecule has 5 heteroatoms. The number of likely N-dealkylation sites (tertiary alicyclic amines) is 1. The van der Waals surface area contributed by atoms with Gasteiger partial charge in [-0.25, -0.2) is 0 Å². The molecule has 0 radical (unpaired) electrons. The monoisotopic (exact) mass is 307 g/mol.